The molecule has 104 valence electrons. The molecule has 0 amide bonds. The highest BCUT2D eigenvalue weighted by Crippen LogP contribution is 2.28. The van der Waals surface area contributed by atoms with E-state index in [2.05, 4.69) is 18.2 Å². The summed E-state index contributed by atoms with van der Waals surface area (Å²) in [4.78, 5) is 0. The molecule has 0 aliphatic rings. The molecule has 4 heteroatoms. The van der Waals surface area contributed by atoms with E-state index in [-0.39, 0.29) is 5.54 Å². The average molecular weight is 262 g/mol. The Morgan fingerprint density at radius 1 is 1.32 bits per heavy atom. The molecular formula is C15H22N2O2. The van der Waals surface area contributed by atoms with Crippen molar-refractivity contribution in [2.45, 2.75) is 18.9 Å². The zero-order valence-corrected chi connectivity index (χ0v) is 11.8. The smallest absolute Gasteiger partial charge is 0.160 e. The van der Waals surface area contributed by atoms with Gasteiger partial charge in [0.2, 0.25) is 0 Å². The highest BCUT2D eigenvalue weighted by molar-refractivity contribution is 5.43. The molecule has 4 nitrogen and oxygen atoms in total. The second kappa shape index (κ2) is 7.03. The molecule has 1 aromatic carbocycles. The highest BCUT2D eigenvalue weighted by Gasteiger charge is 2.22. The first kappa shape index (κ1) is 15.4. The van der Waals surface area contributed by atoms with Crippen LogP contribution < -0.4 is 20.5 Å². The minimum atomic E-state index is -0.230. The summed E-state index contributed by atoms with van der Waals surface area (Å²) in [7, 11) is 3.25. The summed E-state index contributed by atoms with van der Waals surface area (Å²) in [6, 6.07) is 5.86. The van der Waals surface area contributed by atoms with E-state index < -0.39 is 0 Å². The van der Waals surface area contributed by atoms with Gasteiger partial charge in [-0.3, -0.25) is 5.32 Å². The first-order valence-corrected chi connectivity index (χ1v) is 6.18. The highest BCUT2D eigenvalue weighted by atomic mass is 16.5. The third-order valence-corrected chi connectivity index (χ3v) is 3.11. The number of benzene rings is 1. The van der Waals surface area contributed by atoms with E-state index >= 15 is 0 Å². The van der Waals surface area contributed by atoms with Crippen molar-refractivity contribution >= 4 is 0 Å². The Hall–Kier alpha value is -1.70. The van der Waals surface area contributed by atoms with Crippen LogP contribution in [0.15, 0.2) is 18.2 Å². The molecule has 0 aliphatic carbocycles. The summed E-state index contributed by atoms with van der Waals surface area (Å²) >= 11 is 0. The second-order valence-corrected chi connectivity index (χ2v) is 4.69. The molecule has 0 aliphatic heterocycles. The van der Waals surface area contributed by atoms with Crippen LogP contribution in [0.1, 0.15) is 12.5 Å². The first-order chi connectivity index (χ1) is 9.08. The SMILES string of the molecule is C#CCNC(C)(CN)Cc1ccc(OC)c(OC)c1. The van der Waals surface area contributed by atoms with Crippen molar-refractivity contribution < 1.29 is 9.47 Å². The molecule has 0 radical (unpaired) electrons. The maximum absolute atomic E-state index is 5.84. The number of hydrogen-bond donors (Lipinski definition) is 2. The number of hydrogen-bond acceptors (Lipinski definition) is 4. The molecule has 0 fully saturated rings. The van der Waals surface area contributed by atoms with Crippen molar-refractivity contribution in [1.29, 1.82) is 0 Å². The number of ether oxygens (including phenoxy) is 2. The standard InChI is InChI=1S/C15H22N2O2/c1-5-8-17-15(2,11-16)10-12-6-7-13(18-3)14(9-12)19-4/h1,6-7,9,17H,8,10-11,16H2,2-4H3. The number of methoxy groups -OCH3 is 2. The first-order valence-electron chi connectivity index (χ1n) is 6.18. The normalized spacial score (nSPS) is 13.4. The van der Waals surface area contributed by atoms with Crippen LogP contribution in [0.25, 0.3) is 0 Å². The fraction of sp³-hybridized carbons (Fsp3) is 0.467. The number of terminal acetylenes is 1. The molecule has 0 aromatic heterocycles. The van der Waals surface area contributed by atoms with Crippen LogP contribution >= 0.6 is 0 Å². The van der Waals surface area contributed by atoms with Crippen LogP contribution in [0.3, 0.4) is 0 Å². The van der Waals surface area contributed by atoms with Gasteiger partial charge in [0.15, 0.2) is 11.5 Å². The molecule has 0 bridgehead atoms. The van der Waals surface area contributed by atoms with Crippen molar-refractivity contribution in [3.05, 3.63) is 23.8 Å². The Morgan fingerprint density at radius 3 is 2.53 bits per heavy atom. The van der Waals surface area contributed by atoms with Gasteiger partial charge in [-0.05, 0) is 31.0 Å². The molecule has 3 N–H and O–H groups in total. The summed E-state index contributed by atoms with van der Waals surface area (Å²) in [5, 5.41) is 3.28. The molecule has 0 saturated heterocycles. The average Bonchev–Trinajstić information content (AvgIpc) is 2.45. The third kappa shape index (κ3) is 4.16. The minimum absolute atomic E-state index is 0.230. The van der Waals surface area contributed by atoms with Gasteiger partial charge in [-0.2, -0.15) is 0 Å². The summed E-state index contributed by atoms with van der Waals surface area (Å²) in [6.45, 7) is 3.06. The Kier molecular flexibility index (Phi) is 5.68. The van der Waals surface area contributed by atoms with Gasteiger partial charge in [0.1, 0.15) is 0 Å². The van der Waals surface area contributed by atoms with Crippen molar-refractivity contribution in [3.63, 3.8) is 0 Å². The van der Waals surface area contributed by atoms with Crippen molar-refractivity contribution in [3.8, 4) is 23.8 Å². The van der Waals surface area contributed by atoms with Crippen molar-refractivity contribution in [1.82, 2.24) is 5.32 Å². The molecule has 1 rings (SSSR count). The lowest BCUT2D eigenvalue weighted by Gasteiger charge is -2.29. The molecule has 1 atom stereocenters. The molecule has 0 heterocycles. The van der Waals surface area contributed by atoms with Crippen LogP contribution in [0.5, 0.6) is 11.5 Å². The zero-order valence-electron chi connectivity index (χ0n) is 11.8. The van der Waals surface area contributed by atoms with Crippen LogP contribution in [-0.2, 0) is 6.42 Å². The Bertz CT molecular complexity index is 454. The van der Waals surface area contributed by atoms with Gasteiger partial charge in [-0.25, -0.2) is 0 Å². The molecular weight excluding hydrogens is 240 g/mol. The summed E-state index contributed by atoms with van der Waals surface area (Å²) in [6.07, 6.45) is 6.05. The molecule has 19 heavy (non-hydrogen) atoms. The summed E-state index contributed by atoms with van der Waals surface area (Å²) in [5.41, 5.74) is 6.73. The molecule has 1 unspecified atom stereocenters. The monoisotopic (exact) mass is 262 g/mol. The van der Waals surface area contributed by atoms with Gasteiger partial charge in [-0.15, -0.1) is 6.42 Å². The van der Waals surface area contributed by atoms with E-state index in [9.17, 15) is 0 Å². The van der Waals surface area contributed by atoms with Crippen molar-refractivity contribution in [2.75, 3.05) is 27.3 Å². The molecule has 1 aromatic rings. The number of nitrogens with one attached hydrogen (secondary N) is 1. The maximum Gasteiger partial charge on any atom is 0.160 e. The fourth-order valence-electron chi connectivity index (χ4n) is 1.91. The van der Waals surface area contributed by atoms with Gasteiger partial charge in [0.05, 0.1) is 20.8 Å². The van der Waals surface area contributed by atoms with Crippen molar-refractivity contribution in [2.24, 2.45) is 5.73 Å². The van der Waals surface area contributed by atoms with E-state index in [0.29, 0.717) is 13.1 Å². The van der Waals surface area contributed by atoms with Crippen LogP contribution in [-0.4, -0.2) is 32.8 Å². The van der Waals surface area contributed by atoms with E-state index in [1.807, 2.05) is 18.2 Å². The zero-order chi connectivity index (χ0) is 14.3. The van der Waals surface area contributed by atoms with Gasteiger partial charge in [-0.1, -0.05) is 12.0 Å². The Labute approximate surface area is 115 Å². The quantitative estimate of drug-likeness (QED) is 0.725. The molecule has 0 spiro atoms. The lowest BCUT2D eigenvalue weighted by Crippen LogP contribution is -2.50. The van der Waals surface area contributed by atoms with Gasteiger partial charge >= 0.3 is 0 Å². The van der Waals surface area contributed by atoms with E-state index in [4.69, 9.17) is 21.6 Å². The van der Waals surface area contributed by atoms with Crippen LogP contribution in [0.2, 0.25) is 0 Å². The predicted octanol–water partition coefficient (Wildman–Crippen LogP) is 1.19. The van der Waals surface area contributed by atoms with Crippen LogP contribution in [0.4, 0.5) is 0 Å². The fourth-order valence-corrected chi connectivity index (χ4v) is 1.91. The topological polar surface area (TPSA) is 56.5 Å². The third-order valence-electron chi connectivity index (χ3n) is 3.11. The van der Waals surface area contributed by atoms with Crippen LogP contribution in [0, 0.1) is 12.3 Å². The Morgan fingerprint density at radius 2 is 2.00 bits per heavy atom. The maximum atomic E-state index is 5.84. The lowest BCUT2D eigenvalue weighted by atomic mass is 9.92. The largest absolute Gasteiger partial charge is 0.493 e. The van der Waals surface area contributed by atoms with Gasteiger partial charge < -0.3 is 15.2 Å². The number of nitrogens with two attached hydrogens (primary N) is 1. The second-order valence-electron chi connectivity index (χ2n) is 4.69. The molecule has 0 saturated carbocycles. The predicted molar refractivity (Wildman–Crippen MR) is 77.5 cm³/mol. The lowest BCUT2D eigenvalue weighted by molar-refractivity contribution is 0.352. The van der Waals surface area contributed by atoms with E-state index in [0.717, 1.165) is 23.5 Å². The van der Waals surface area contributed by atoms with E-state index in [1.54, 1.807) is 14.2 Å². The van der Waals surface area contributed by atoms with E-state index in [1.165, 1.54) is 0 Å². The minimum Gasteiger partial charge on any atom is -0.493 e. The number of rotatable bonds is 7. The van der Waals surface area contributed by atoms with Gasteiger partial charge in [0.25, 0.3) is 0 Å². The Balaban J connectivity index is 2.88. The van der Waals surface area contributed by atoms with Gasteiger partial charge in [0, 0.05) is 12.1 Å². The summed E-state index contributed by atoms with van der Waals surface area (Å²) in [5.74, 6) is 4.01. The summed E-state index contributed by atoms with van der Waals surface area (Å²) < 4.78 is 10.5.